The van der Waals surface area contributed by atoms with Gasteiger partial charge in [-0.25, -0.2) is 4.98 Å². The maximum Gasteiger partial charge on any atom is 0.257 e. The Morgan fingerprint density at radius 1 is 1.55 bits per heavy atom. The van der Waals surface area contributed by atoms with Crippen molar-refractivity contribution in [3.05, 3.63) is 22.3 Å². The van der Waals surface area contributed by atoms with E-state index in [0.29, 0.717) is 17.9 Å². The first kappa shape index (κ1) is 15.3. The second-order valence-electron chi connectivity index (χ2n) is 5.39. The maximum absolute atomic E-state index is 12.5. The van der Waals surface area contributed by atoms with E-state index in [0.717, 1.165) is 30.2 Å². The van der Waals surface area contributed by atoms with Gasteiger partial charge in [0.2, 0.25) is 0 Å². The summed E-state index contributed by atoms with van der Waals surface area (Å²) in [5.41, 5.74) is -0.227. The van der Waals surface area contributed by atoms with Crippen LogP contribution in [0.2, 0.25) is 0 Å². The summed E-state index contributed by atoms with van der Waals surface area (Å²) in [7, 11) is 3.45. The predicted molar refractivity (Wildman–Crippen MR) is 81.9 cm³/mol. The van der Waals surface area contributed by atoms with Gasteiger partial charge in [0.25, 0.3) is 5.91 Å². The maximum atomic E-state index is 12.5. The molecule has 2 N–H and O–H groups in total. The molecule has 0 saturated heterocycles. The molecular weight excluding hydrogens is 322 g/mol. The lowest BCUT2D eigenvalue weighted by atomic mass is 10.0. The topological polar surface area (TPSA) is 65.5 Å². The molecule has 0 radical (unpaired) electrons. The first-order valence-corrected chi connectivity index (χ1v) is 7.56. The number of halogens is 1. The van der Waals surface area contributed by atoms with Crippen LogP contribution in [0.3, 0.4) is 0 Å². The van der Waals surface area contributed by atoms with Crippen molar-refractivity contribution in [3.8, 4) is 0 Å². The number of carbonyl (C=O) groups excluding carboxylic acids is 1. The van der Waals surface area contributed by atoms with Gasteiger partial charge in [0.05, 0.1) is 11.2 Å². The standard InChI is InChI=1S/C14H20BrN3O2/c1-16-12-11(7-10(15)8-17-12)13(19)18(2)9-14(20)5-3-4-6-14/h7-8,20H,3-6,9H2,1-2H3,(H,16,17). The number of aliphatic hydroxyl groups is 1. The zero-order valence-corrected chi connectivity index (χ0v) is 13.4. The minimum absolute atomic E-state index is 0.136. The van der Waals surface area contributed by atoms with Gasteiger partial charge in [0.1, 0.15) is 5.82 Å². The molecular formula is C14H20BrN3O2. The Labute approximate surface area is 127 Å². The molecule has 2 rings (SSSR count). The van der Waals surface area contributed by atoms with Crippen molar-refractivity contribution in [2.24, 2.45) is 0 Å². The van der Waals surface area contributed by atoms with E-state index in [1.165, 1.54) is 0 Å². The summed E-state index contributed by atoms with van der Waals surface area (Å²) >= 11 is 3.33. The summed E-state index contributed by atoms with van der Waals surface area (Å²) in [6.45, 7) is 0.363. The Morgan fingerprint density at radius 3 is 2.80 bits per heavy atom. The van der Waals surface area contributed by atoms with Gasteiger partial charge in [0.15, 0.2) is 0 Å². The molecule has 1 aliphatic rings. The summed E-state index contributed by atoms with van der Waals surface area (Å²) < 4.78 is 0.757. The molecule has 1 heterocycles. The van der Waals surface area contributed by atoms with Gasteiger partial charge < -0.3 is 15.3 Å². The Bertz CT molecular complexity index is 501. The van der Waals surface area contributed by atoms with Crippen LogP contribution in [0.15, 0.2) is 16.7 Å². The number of pyridine rings is 1. The molecule has 110 valence electrons. The number of rotatable bonds is 4. The highest BCUT2D eigenvalue weighted by Crippen LogP contribution is 2.30. The van der Waals surface area contributed by atoms with Crippen molar-refractivity contribution < 1.29 is 9.90 Å². The first-order valence-electron chi connectivity index (χ1n) is 6.76. The van der Waals surface area contributed by atoms with Gasteiger partial charge in [-0.1, -0.05) is 12.8 Å². The average Bonchev–Trinajstić information content (AvgIpc) is 2.84. The summed E-state index contributed by atoms with van der Waals surface area (Å²) in [6, 6.07) is 1.75. The SMILES string of the molecule is CNc1ncc(Br)cc1C(=O)N(C)CC1(O)CCCC1. The van der Waals surface area contributed by atoms with Gasteiger partial charge in [-0.15, -0.1) is 0 Å². The summed E-state index contributed by atoms with van der Waals surface area (Å²) in [6.07, 6.45) is 5.23. The molecule has 20 heavy (non-hydrogen) atoms. The number of carbonyl (C=O) groups is 1. The molecule has 1 aromatic rings. The van der Waals surface area contributed by atoms with Crippen molar-refractivity contribution in [1.82, 2.24) is 9.88 Å². The number of hydrogen-bond donors (Lipinski definition) is 2. The Hall–Kier alpha value is -1.14. The predicted octanol–water partition coefficient (Wildman–Crippen LogP) is 2.26. The van der Waals surface area contributed by atoms with Gasteiger partial charge >= 0.3 is 0 Å². The highest BCUT2D eigenvalue weighted by atomic mass is 79.9. The Balaban J connectivity index is 2.16. The van der Waals surface area contributed by atoms with E-state index >= 15 is 0 Å². The third kappa shape index (κ3) is 3.30. The number of likely N-dealkylation sites (N-methyl/N-ethyl adjacent to an activating group) is 1. The molecule has 1 fully saturated rings. The van der Waals surface area contributed by atoms with E-state index in [9.17, 15) is 9.90 Å². The van der Waals surface area contributed by atoms with Gasteiger partial charge in [0, 0.05) is 31.3 Å². The van der Waals surface area contributed by atoms with Gasteiger partial charge in [-0.2, -0.15) is 0 Å². The van der Waals surface area contributed by atoms with Gasteiger partial charge in [-0.05, 0) is 34.8 Å². The van der Waals surface area contributed by atoms with E-state index in [-0.39, 0.29) is 5.91 Å². The molecule has 1 amide bonds. The molecule has 0 bridgehead atoms. The van der Waals surface area contributed by atoms with Crippen LogP contribution in [0.5, 0.6) is 0 Å². The van der Waals surface area contributed by atoms with Crippen molar-refractivity contribution in [1.29, 1.82) is 0 Å². The van der Waals surface area contributed by atoms with Crippen LogP contribution in [0.1, 0.15) is 36.0 Å². The van der Waals surface area contributed by atoms with Crippen LogP contribution in [-0.2, 0) is 0 Å². The zero-order valence-electron chi connectivity index (χ0n) is 11.8. The van der Waals surface area contributed by atoms with Crippen LogP contribution in [0, 0.1) is 0 Å². The second-order valence-corrected chi connectivity index (χ2v) is 6.31. The highest BCUT2D eigenvalue weighted by molar-refractivity contribution is 9.10. The molecule has 1 saturated carbocycles. The minimum Gasteiger partial charge on any atom is -0.388 e. The van der Waals surface area contributed by atoms with E-state index in [1.807, 2.05) is 0 Å². The number of nitrogens with zero attached hydrogens (tertiary/aromatic N) is 2. The Kier molecular flexibility index (Phi) is 4.65. The van der Waals surface area contributed by atoms with Crippen LogP contribution in [0.4, 0.5) is 5.82 Å². The molecule has 0 aliphatic heterocycles. The molecule has 5 nitrogen and oxygen atoms in total. The lowest BCUT2D eigenvalue weighted by molar-refractivity contribution is 0.0157. The van der Waals surface area contributed by atoms with E-state index in [2.05, 4.69) is 26.2 Å². The Morgan fingerprint density at radius 2 is 2.20 bits per heavy atom. The van der Waals surface area contributed by atoms with Crippen LogP contribution in [0.25, 0.3) is 0 Å². The van der Waals surface area contributed by atoms with Gasteiger partial charge in [-0.3, -0.25) is 4.79 Å². The zero-order chi connectivity index (χ0) is 14.8. The average molecular weight is 342 g/mol. The van der Waals surface area contributed by atoms with Crippen LogP contribution < -0.4 is 5.32 Å². The third-order valence-electron chi connectivity index (χ3n) is 3.73. The lowest BCUT2D eigenvalue weighted by Gasteiger charge is -2.29. The monoisotopic (exact) mass is 341 g/mol. The van der Waals surface area contributed by atoms with Crippen LogP contribution in [-0.4, -0.2) is 47.1 Å². The van der Waals surface area contributed by atoms with Crippen molar-refractivity contribution >= 4 is 27.7 Å². The molecule has 0 unspecified atom stereocenters. The third-order valence-corrected chi connectivity index (χ3v) is 4.17. The molecule has 0 atom stereocenters. The van der Waals surface area contributed by atoms with E-state index in [1.54, 1.807) is 31.3 Å². The fourth-order valence-corrected chi connectivity index (χ4v) is 3.04. The van der Waals surface area contributed by atoms with E-state index < -0.39 is 5.60 Å². The largest absolute Gasteiger partial charge is 0.388 e. The van der Waals surface area contributed by atoms with Crippen molar-refractivity contribution in [2.45, 2.75) is 31.3 Å². The molecule has 1 aromatic heterocycles. The molecule has 6 heteroatoms. The number of aromatic nitrogens is 1. The lowest BCUT2D eigenvalue weighted by Crippen LogP contribution is -2.42. The van der Waals surface area contributed by atoms with Crippen molar-refractivity contribution in [2.75, 3.05) is 26.0 Å². The summed E-state index contributed by atoms with van der Waals surface area (Å²) in [5.74, 6) is 0.409. The summed E-state index contributed by atoms with van der Waals surface area (Å²) in [4.78, 5) is 18.3. The molecule has 0 aromatic carbocycles. The molecule has 0 spiro atoms. The van der Waals surface area contributed by atoms with Crippen LogP contribution >= 0.6 is 15.9 Å². The van der Waals surface area contributed by atoms with E-state index in [4.69, 9.17) is 0 Å². The first-order chi connectivity index (χ1) is 9.45. The second kappa shape index (κ2) is 6.10. The number of amides is 1. The fourth-order valence-electron chi connectivity index (χ4n) is 2.71. The number of nitrogens with one attached hydrogen (secondary N) is 1. The number of anilines is 1. The normalized spacial score (nSPS) is 17.0. The molecule has 1 aliphatic carbocycles. The fraction of sp³-hybridized carbons (Fsp3) is 0.571. The smallest absolute Gasteiger partial charge is 0.257 e. The highest BCUT2D eigenvalue weighted by Gasteiger charge is 2.34. The van der Waals surface area contributed by atoms with Crippen molar-refractivity contribution in [3.63, 3.8) is 0 Å². The quantitative estimate of drug-likeness (QED) is 0.881. The number of hydrogen-bond acceptors (Lipinski definition) is 4. The summed E-state index contributed by atoms with van der Waals surface area (Å²) in [5, 5.41) is 13.3. The minimum atomic E-state index is -0.732.